The summed E-state index contributed by atoms with van der Waals surface area (Å²) >= 11 is 0. The van der Waals surface area contributed by atoms with Crippen molar-refractivity contribution in [3.8, 4) is 5.75 Å². The summed E-state index contributed by atoms with van der Waals surface area (Å²) in [6.45, 7) is 0. The second kappa shape index (κ2) is 5.64. The summed E-state index contributed by atoms with van der Waals surface area (Å²) in [5, 5.41) is 7.38. The number of aryl methyl sites for hydroxylation is 1. The first-order valence-corrected chi connectivity index (χ1v) is 5.88. The summed E-state index contributed by atoms with van der Waals surface area (Å²) in [7, 11) is 5.53. The van der Waals surface area contributed by atoms with Crippen LogP contribution in [0.15, 0.2) is 30.6 Å². The standard InChI is InChI=1S/C13H18N4O/c1-14-12(8-13-15-9-16-17(13)2)10-5-4-6-11(7-10)18-3/h4-7,9,12,14H,8H2,1-3H3. The van der Waals surface area contributed by atoms with Gasteiger partial charge in [0, 0.05) is 19.5 Å². The molecular weight excluding hydrogens is 228 g/mol. The maximum absolute atomic E-state index is 5.25. The number of nitrogens with zero attached hydrogens (tertiary/aromatic N) is 3. The monoisotopic (exact) mass is 246 g/mol. The van der Waals surface area contributed by atoms with E-state index in [1.54, 1.807) is 18.1 Å². The molecule has 0 spiro atoms. The van der Waals surface area contributed by atoms with E-state index in [4.69, 9.17) is 4.74 Å². The van der Waals surface area contributed by atoms with Crippen molar-refractivity contribution >= 4 is 0 Å². The van der Waals surface area contributed by atoms with Crippen molar-refractivity contribution in [1.82, 2.24) is 20.1 Å². The van der Waals surface area contributed by atoms with Crippen LogP contribution in [0.2, 0.25) is 0 Å². The Labute approximate surface area is 107 Å². The summed E-state index contributed by atoms with van der Waals surface area (Å²) in [6.07, 6.45) is 2.37. The molecule has 0 saturated carbocycles. The van der Waals surface area contributed by atoms with Crippen LogP contribution in [-0.2, 0) is 13.5 Å². The van der Waals surface area contributed by atoms with Crippen molar-refractivity contribution in [2.75, 3.05) is 14.2 Å². The van der Waals surface area contributed by atoms with Crippen molar-refractivity contribution in [3.05, 3.63) is 42.0 Å². The lowest BCUT2D eigenvalue weighted by molar-refractivity contribution is 0.413. The van der Waals surface area contributed by atoms with E-state index >= 15 is 0 Å². The number of hydrogen-bond acceptors (Lipinski definition) is 4. The van der Waals surface area contributed by atoms with Crippen molar-refractivity contribution in [2.45, 2.75) is 12.5 Å². The van der Waals surface area contributed by atoms with Gasteiger partial charge in [-0.3, -0.25) is 4.68 Å². The van der Waals surface area contributed by atoms with Gasteiger partial charge in [0.25, 0.3) is 0 Å². The molecule has 2 rings (SSSR count). The number of likely N-dealkylation sites (N-methyl/N-ethyl adjacent to an activating group) is 1. The highest BCUT2D eigenvalue weighted by Crippen LogP contribution is 2.21. The fraction of sp³-hybridized carbons (Fsp3) is 0.385. The van der Waals surface area contributed by atoms with E-state index in [0.29, 0.717) is 0 Å². The Morgan fingerprint density at radius 3 is 2.89 bits per heavy atom. The lowest BCUT2D eigenvalue weighted by Gasteiger charge is -2.16. The minimum atomic E-state index is 0.197. The van der Waals surface area contributed by atoms with Gasteiger partial charge in [0.1, 0.15) is 17.9 Å². The third kappa shape index (κ3) is 2.68. The Balaban J connectivity index is 2.20. The Kier molecular flexibility index (Phi) is 3.94. The van der Waals surface area contributed by atoms with Gasteiger partial charge in [0.2, 0.25) is 0 Å². The lowest BCUT2D eigenvalue weighted by atomic mass is 10.0. The minimum Gasteiger partial charge on any atom is -0.497 e. The average molecular weight is 246 g/mol. The van der Waals surface area contributed by atoms with E-state index in [9.17, 15) is 0 Å². The molecule has 1 unspecified atom stereocenters. The van der Waals surface area contributed by atoms with Crippen LogP contribution in [0.4, 0.5) is 0 Å². The van der Waals surface area contributed by atoms with Gasteiger partial charge in [0.05, 0.1) is 7.11 Å². The third-order valence-electron chi connectivity index (χ3n) is 3.04. The smallest absolute Gasteiger partial charge is 0.138 e. The van der Waals surface area contributed by atoms with Crippen LogP contribution in [0.3, 0.4) is 0 Å². The first kappa shape index (κ1) is 12.6. The molecule has 0 fully saturated rings. The van der Waals surface area contributed by atoms with Gasteiger partial charge in [-0.05, 0) is 24.7 Å². The summed E-state index contributed by atoms with van der Waals surface area (Å²) in [4.78, 5) is 4.25. The van der Waals surface area contributed by atoms with Gasteiger partial charge in [-0.1, -0.05) is 12.1 Å². The summed E-state index contributed by atoms with van der Waals surface area (Å²) in [6, 6.07) is 8.26. The molecular formula is C13H18N4O. The molecule has 18 heavy (non-hydrogen) atoms. The largest absolute Gasteiger partial charge is 0.497 e. The molecule has 1 aromatic heterocycles. The van der Waals surface area contributed by atoms with Crippen LogP contribution >= 0.6 is 0 Å². The Morgan fingerprint density at radius 2 is 2.28 bits per heavy atom. The fourth-order valence-electron chi connectivity index (χ4n) is 1.93. The second-order valence-electron chi connectivity index (χ2n) is 4.12. The van der Waals surface area contributed by atoms with Gasteiger partial charge in [0.15, 0.2) is 0 Å². The molecule has 1 heterocycles. The molecule has 0 aliphatic carbocycles. The van der Waals surface area contributed by atoms with E-state index in [0.717, 1.165) is 18.0 Å². The number of rotatable bonds is 5. The molecule has 1 N–H and O–H groups in total. The molecule has 0 radical (unpaired) electrons. The van der Waals surface area contributed by atoms with E-state index in [1.165, 1.54) is 5.56 Å². The van der Waals surface area contributed by atoms with Crippen molar-refractivity contribution in [1.29, 1.82) is 0 Å². The second-order valence-corrected chi connectivity index (χ2v) is 4.12. The maximum Gasteiger partial charge on any atom is 0.138 e. The summed E-state index contributed by atoms with van der Waals surface area (Å²) in [5.41, 5.74) is 1.18. The number of nitrogens with one attached hydrogen (secondary N) is 1. The fourth-order valence-corrected chi connectivity index (χ4v) is 1.93. The highest BCUT2D eigenvalue weighted by molar-refractivity contribution is 5.30. The first-order valence-electron chi connectivity index (χ1n) is 5.88. The number of aromatic nitrogens is 3. The summed E-state index contributed by atoms with van der Waals surface area (Å²) in [5.74, 6) is 1.82. The van der Waals surface area contributed by atoms with E-state index in [2.05, 4.69) is 21.5 Å². The maximum atomic E-state index is 5.25. The van der Waals surface area contributed by atoms with E-state index in [-0.39, 0.29) is 6.04 Å². The Morgan fingerprint density at radius 1 is 1.44 bits per heavy atom. The molecule has 0 aliphatic heterocycles. The predicted molar refractivity (Wildman–Crippen MR) is 69.5 cm³/mol. The molecule has 0 saturated heterocycles. The van der Waals surface area contributed by atoms with Crippen LogP contribution in [0.25, 0.3) is 0 Å². The van der Waals surface area contributed by atoms with Crippen molar-refractivity contribution in [2.24, 2.45) is 7.05 Å². The lowest BCUT2D eigenvalue weighted by Crippen LogP contribution is -2.20. The highest BCUT2D eigenvalue weighted by Gasteiger charge is 2.13. The zero-order chi connectivity index (χ0) is 13.0. The van der Waals surface area contributed by atoms with Gasteiger partial charge < -0.3 is 10.1 Å². The molecule has 5 nitrogen and oxygen atoms in total. The van der Waals surface area contributed by atoms with E-state index < -0.39 is 0 Å². The normalized spacial score (nSPS) is 12.4. The molecule has 5 heteroatoms. The minimum absolute atomic E-state index is 0.197. The van der Waals surface area contributed by atoms with Crippen molar-refractivity contribution in [3.63, 3.8) is 0 Å². The topological polar surface area (TPSA) is 52.0 Å². The SMILES string of the molecule is CNC(Cc1ncnn1C)c1cccc(OC)c1. The van der Waals surface area contributed by atoms with Gasteiger partial charge in [-0.15, -0.1) is 0 Å². The molecule has 1 aromatic carbocycles. The predicted octanol–water partition coefficient (Wildman–Crippen LogP) is 1.33. The van der Waals surface area contributed by atoms with Gasteiger partial charge in [-0.2, -0.15) is 5.10 Å². The zero-order valence-corrected chi connectivity index (χ0v) is 10.9. The Bertz CT molecular complexity index is 509. The van der Waals surface area contributed by atoms with E-state index in [1.807, 2.05) is 32.3 Å². The zero-order valence-electron chi connectivity index (χ0n) is 10.9. The highest BCUT2D eigenvalue weighted by atomic mass is 16.5. The van der Waals surface area contributed by atoms with Crippen LogP contribution in [0.1, 0.15) is 17.4 Å². The van der Waals surface area contributed by atoms with Crippen molar-refractivity contribution < 1.29 is 4.74 Å². The molecule has 0 aliphatic rings. The number of methoxy groups -OCH3 is 1. The molecule has 0 amide bonds. The number of benzene rings is 1. The first-order chi connectivity index (χ1) is 8.74. The Hall–Kier alpha value is -1.88. The molecule has 2 aromatic rings. The van der Waals surface area contributed by atoms with Crippen LogP contribution in [0, 0.1) is 0 Å². The van der Waals surface area contributed by atoms with Crippen LogP contribution in [0.5, 0.6) is 5.75 Å². The average Bonchev–Trinajstić information content (AvgIpc) is 2.81. The quantitative estimate of drug-likeness (QED) is 0.864. The van der Waals surface area contributed by atoms with Crippen LogP contribution < -0.4 is 10.1 Å². The molecule has 1 atom stereocenters. The third-order valence-corrected chi connectivity index (χ3v) is 3.04. The van der Waals surface area contributed by atoms with Gasteiger partial charge in [-0.25, -0.2) is 4.98 Å². The molecule has 96 valence electrons. The van der Waals surface area contributed by atoms with Crippen LogP contribution in [-0.4, -0.2) is 28.9 Å². The number of ether oxygens (including phenoxy) is 1. The van der Waals surface area contributed by atoms with Gasteiger partial charge >= 0.3 is 0 Å². The number of hydrogen-bond donors (Lipinski definition) is 1. The molecule has 0 bridgehead atoms. The summed E-state index contributed by atoms with van der Waals surface area (Å²) < 4.78 is 7.04.